The van der Waals surface area contributed by atoms with Crippen LogP contribution in [0.4, 0.5) is 4.39 Å². The molecular formula is C31H40FN3. The second-order valence-electron chi connectivity index (χ2n) is 12.3. The first-order valence-electron chi connectivity index (χ1n) is 14.0. The zero-order valence-electron chi connectivity index (χ0n) is 21.3. The molecule has 6 aliphatic rings. The van der Waals surface area contributed by atoms with Gasteiger partial charge < -0.3 is 16.0 Å². The zero-order chi connectivity index (χ0) is 23.8. The summed E-state index contributed by atoms with van der Waals surface area (Å²) in [5, 5.41) is 11.9. The predicted octanol–water partition coefficient (Wildman–Crippen LogP) is 5.02. The van der Waals surface area contributed by atoms with E-state index in [2.05, 4.69) is 85.4 Å². The average Bonchev–Trinajstić information content (AvgIpc) is 3.77. The van der Waals surface area contributed by atoms with Crippen LogP contribution in [-0.2, 0) is 0 Å². The third kappa shape index (κ3) is 3.54. The Balaban J connectivity index is 1.17. The van der Waals surface area contributed by atoms with Gasteiger partial charge in [0, 0.05) is 42.0 Å². The standard InChI is InChI=1S/C31H40FN3/c1-16-8-4-5-9-19(16)30-28-27(20-10-6-7-11-22(20)34-30)31(28)35-23-15-18-12-13-21-26(29(21)32)25(18)24(33-3)14-17(23)2/h4-5,7-9,11-13,17,20-24,26-31,33-35H,6,10,14-15H2,1-3H3. The molecule has 1 heterocycles. The van der Waals surface area contributed by atoms with Gasteiger partial charge in [-0.1, -0.05) is 55.5 Å². The third-order valence-corrected chi connectivity index (χ3v) is 10.5. The molecule has 1 aliphatic heterocycles. The van der Waals surface area contributed by atoms with Crippen LogP contribution in [0.5, 0.6) is 0 Å². The quantitative estimate of drug-likeness (QED) is 0.538. The molecule has 0 bridgehead atoms. The number of nitrogens with one attached hydrogen (secondary N) is 3. The summed E-state index contributed by atoms with van der Waals surface area (Å²) in [6, 6.07) is 11.2. The van der Waals surface area contributed by atoms with E-state index in [9.17, 15) is 4.39 Å². The van der Waals surface area contributed by atoms with Gasteiger partial charge in [0.25, 0.3) is 0 Å². The lowest BCUT2D eigenvalue weighted by Gasteiger charge is -2.38. The van der Waals surface area contributed by atoms with E-state index >= 15 is 0 Å². The van der Waals surface area contributed by atoms with Gasteiger partial charge in [-0.25, -0.2) is 4.39 Å². The fourth-order valence-electron chi connectivity index (χ4n) is 8.50. The Morgan fingerprint density at radius 2 is 1.97 bits per heavy atom. The Bertz CT molecular complexity index is 1090. The van der Waals surface area contributed by atoms with E-state index in [-0.39, 0.29) is 11.8 Å². The molecule has 0 aromatic heterocycles. The molecule has 1 aromatic carbocycles. The van der Waals surface area contributed by atoms with Crippen LogP contribution in [0.2, 0.25) is 0 Å². The largest absolute Gasteiger partial charge is 0.313 e. The molecule has 0 radical (unpaired) electrons. The lowest BCUT2D eigenvalue weighted by Crippen LogP contribution is -2.44. The lowest BCUT2D eigenvalue weighted by atomic mass is 9.79. The van der Waals surface area contributed by atoms with Gasteiger partial charge in [0.05, 0.1) is 0 Å². The molecule has 0 spiro atoms. The number of piperidine rings is 1. The van der Waals surface area contributed by atoms with Crippen LogP contribution in [0.3, 0.4) is 0 Å². The number of alkyl halides is 1. The number of fused-ring (bicyclic) bond motifs is 5. The minimum atomic E-state index is -0.669. The summed E-state index contributed by atoms with van der Waals surface area (Å²) in [5.74, 6) is 2.94. The van der Waals surface area contributed by atoms with Gasteiger partial charge in [0.15, 0.2) is 0 Å². The molecule has 2 saturated carbocycles. The highest BCUT2D eigenvalue weighted by atomic mass is 19.1. The topological polar surface area (TPSA) is 36.1 Å². The Hall–Kier alpha value is -1.75. The van der Waals surface area contributed by atoms with Crippen LogP contribution in [0.1, 0.15) is 49.8 Å². The summed E-state index contributed by atoms with van der Waals surface area (Å²) in [6.07, 6.45) is 13.2. The molecule has 1 saturated heterocycles. The van der Waals surface area contributed by atoms with Crippen LogP contribution in [0.25, 0.3) is 0 Å². The van der Waals surface area contributed by atoms with E-state index in [0.29, 0.717) is 42.0 Å². The molecule has 186 valence electrons. The molecule has 5 aliphatic carbocycles. The van der Waals surface area contributed by atoms with E-state index in [4.69, 9.17) is 0 Å². The predicted molar refractivity (Wildman–Crippen MR) is 140 cm³/mol. The van der Waals surface area contributed by atoms with Crippen molar-refractivity contribution in [3.8, 4) is 0 Å². The van der Waals surface area contributed by atoms with Crippen LogP contribution in [-0.4, -0.2) is 37.4 Å². The minimum absolute atomic E-state index is 0.131. The first kappa shape index (κ1) is 22.4. The van der Waals surface area contributed by atoms with Gasteiger partial charge in [-0.15, -0.1) is 0 Å². The monoisotopic (exact) mass is 473 g/mol. The third-order valence-electron chi connectivity index (χ3n) is 10.5. The van der Waals surface area contributed by atoms with E-state index in [1.165, 1.54) is 35.1 Å². The number of halogens is 1. The molecule has 3 nitrogen and oxygen atoms in total. The summed E-state index contributed by atoms with van der Waals surface area (Å²) in [6.45, 7) is 4.67. The average molecular weight is 474 g/mol. The minimum Gasteiger partial charge on any atom is -0.313 e. The van der Waals surface area contributed by atoms with Crippen molar-refractivity contribution in [1.82, 2.24) is 16.0 Å². The number of hydrogen-bond donors (Lipinski definition) is 3. The number of aryl methyl sites for hydroxylation is 1. The maximum atomic E-state index is 14.6. The van der Waals surface area contributed by atoms with Crippen molar-refractivity contribution in [2.75, 3.05) is 7.05 Å². The smallest absolute Gasteiger partial charge is 0.114 e. The van der Waals surface area contributed by atoms with Crippen LogP contribution >= 0.6 is 0 Å². The van der Waals surface area contributed by atoms with Crippen LogP contribution < -0.4 is 16.0 Å². The molecule has 3 fully saturated rings. The zero-order valence-corrected chi connectivity index (χ0v) is 21.3. The van der Waals surface area contributed by atoms with Gasteiger partial charge >= 0.3 is 0 Å². The summed E-state index contributed by atoms with van der Waals surface area (Å²) in [4.78, 5) is 0. The molecule has 12 unspecified atom stereocenters. The number of rotatable bonds is 4. The summed E-state index contributed by atoms with van der Waals surface area (Å²) >= 11 is 0. The van der Waals surface area contributed by atoms with Crippen LogP contribution in [0, 0.1) is 42.4 Å². The van der Waals surface area contributed by atoms with Crippen molar-refractivity contribution in [1.29, 1.82) is 0 Å². The summed E-state index contributed by atoms with van der Waals surface area (Å²) in [5.41, 5.74) is 5.66. The molecular weight excluding hydrogens is 433 g/mol. The Morgan fingerprint density at radius 3 is 2.80 bits per heavy atom. The van der Waals surface area contributed by atoms with Gasteiger partial charge in [-0.05, 0) is 85.6 Å². The first-order valence-corrected chi connectivity index (χ1v) is 14.0. The highest BCUT2D eigenvalue weighted by Crippen LogP contribution is 2.59. The second-order valence-corrected chi connectivity index (χ2v) is 12.3. The molecule has 0 amide bonds. The van der Waals surface area contributed by atoms with Crippen molar-refractivity contribution in [2.24, 2.45) is 35.5 Å². The molecule has 7 rings (SSSR count). The summed E-state index contributed by atoms with van der Waals surface area (Å²) < 4.78 is 14.6. The van der Waals surface area contributed by atoms with E-state index in [1.807, 2.05) is 0 Å². The summed E-state index contributed by atoms with van der Waals surface area (Å²) in [7, 11) is 2.06. The molecule has 3 N–H and O–H groups in total. The Kier molecular flexibility index (Phi) is 5.38. The molecule has 35 heavy (non-hydrogen) atoms. The van der Waals surface area contributed by atoms with Crippen molar-refractivity contribution in [3.63, 3.8) is 0 Å². The number of hydrogen-bond acceptors (Lipinski definition) is 3. The van der Waals surface area contributed by atoms with Gasteiger partial charge in [0.2, 0.25) is 0 Å². The first-order chi connectivity index (χ1) is 17.1. The van der Waals surface area contributed by atoms with Crippen LogP contribution in [0.15, 0.2) is 59.7 Å². The van der Waals surface area contributed by atoms with Gasteiger partial charge in [-0.2, -0.15) is 0 Å². The molecule has 12 atom stereocenters. The van der Waals surface area contributed by atoms with Crippen molar-refractivity contribution in [2.45, 2.75) is 75.9 Å². The van der Waals surface area contributed by atoms with Crippen molar-refractivity contribution in [3.05, 3.63) is 70.8 Å². The van der Waals surface area contributed by atoms with Gasteiger partial charge in [-0.3, -0.25) is 0 Å². The number of benzene rings is 1. The maximum absolute atomic E-state index is 14.6. The van der Waals surface area contributed by atoms with E-state index < -0.39 is 6.17 Å². The fourth-order valence-corrected chi connectivity index (χ4v) is 8.50. The normalized spacial score (nSPS) is 47.3. The SMILES string of the molecule is CNC1CC(C)C(NC2C3C(c4ccccc4C)NC4C=CCCC4C23)CC2=C1C1C(F)C1C=C2. The molecule has 1 aromatic rings. The fraction of sp³-hybridized carbons (Fsp3) is 0.613. The highest BCUT2D eigenvalue weighted by Gasteiger charge is 2.63. The van der Waals surface area contributed by atoms with Crippen molar-refractivity contribution >= 4 is 0 Å². The highest BCUT2D eigenvalue weighted by molar-refractivity contribution is 5.45. The lowest BCUT2D eigenvalue weighted by molar-refractivity contribution is 0.229. The number of likely N-dealkylation sites (N-methyl/N-ethyl adjacent to an activating group) is 1. The van der Waals surface area contributed by atoms with Gasteiger partial charge in [0.1, 0.15) is 6.17 Å². The number of allylic oxidation sites excluding steroid dienone is 3. The Morgan fingerprint density at radius 1 is 1.11 bits per heavy atom. The van der Waals surface area contributed by atoms with E-state index in [1.54, 1.807) is 0 Å². The Labute approximate surface area is 209 Å². The van der Waals surface area contributed by atoms with Crippen molar-refractivity contribution < 1.29 is 4.39 Å². The maximum Gasteiger partial charge on any atom is 0.114 e. The second kappa shape index (κ2) is 8.39. The van der Waals surface area contributed by atoms with E-state index in [0.717, 1.165) is 24.7 Å². The molecule has 4 heteroatoms.